The SMILES string of the molecule is COC(=O)c1cc(NC2CC(OC)C2)cc(C)c1N. The van der Waals surface area contributed by atoms with Gasteiger partial charge in [-0.1, -0.05) is 0 Å². The summed E-state index contributed by atoms with van der Waals surface area (Å²) in [6.07, 6.45) is 2.30. The molecule has 0 amide bonds. The van der Waals surface area contributed by atoms with E-state index in [1.165, 1.54) is 7.11 Å². The molecule has 1 fully saturated rings. The first-order chi connectivity index (χ1) is 9.05. The maximum absolute atomic E-state index is 11.7. The van der Waals surface area contributed by atoms with Gasteiger partial charge in [0.05, 0.1) is 18.8 Å². The van der Waals surface area contributed by atoms with E-state index in [1.807, 2.05) is 13.0 Å². The van der Waals surface area contributed by atoms with Crippen LogP contribution in [-0.2, 0) is 9.47 Å². The lowest BCUT2D eigenvalue weighted by molar-refractivity contribution is 0.0328. The average Bonchev–Trinajstić information content (AvgIpc) is 2.36. The van der Waals surface area contributed by atoms with E-state index in [2.05, 4.69) is 5.32 Å². The number of anilines is 2. The molecule has 0 unspecified atom stereocenters. The lowest BCUT2D eigenvalue weighted by Crippen LogP contribution is -2.40. The molecule has 0 aliphatic heterocycles. The fraction of sp³-hybridized carbons (Fsp3) is 0.500. The molecule has 1 aliphatic rings. The summed E-state index contributed by atoms with van der Waals surface area (Å²) in [5, 5.41) is 3.39. The maximum Gasteiger partial charge on any atom is 0.340 e. The van der Waals surface area contributed by atoms with Gasteiger partial charge < -0.3 is 20.5 Å². The lowest BCUT2D eigenvalue weighted by atomic mass is 9.89. The highest BCUT2D eigenvalue weighted by atomic mass is 16.5. The van der Waals surface area contributed by atoms with Crippen molar-refractivity contribution in [3.05, 3.63) is 23.3 Å². The summed E-state index contributed by atoms with van der Waals surface area (Å²) < 4.78 is 9.98. The Hall–Kier alpha value is -1.75. The van der Waals surface area contributed by atoms with Gasteiger partial charge >= 0.3 is 5.97 Å². The first-order valence-corrected chi connectivity index (χ1v) is 6.33. The number of methoxy groups -OCH3 is 2. The number of esters is 1. The summed E-state index contributed by atoms with van der Waals surface area (Å²) in [6.45, 7) is 1.88. The summed E-state index contributed by atoms with van der Waals surface area (Å²) in [5.74, 6) is -0.410. The van der Waals surface area contributed by atoms with Crippen LogP contribution in [0.1, 0.15) is 28.8 Å². The van der Waals surface area contributed by atoms with Gasteiger partial charge in [0.2, 0.25) is 0 Å². The zero-order valence-electron chi connectivity index (χ0n) is 11.5. The molecule has 104 valence electrons. The topological polar surface area (TPSA) is 73.6 Å². The van der Waals surface area contributed by atoms with Gasteiger partial charge in [0.15, 0.2) is 0 Å². The number of ether oxygens (including phenoxy) is 2. The van der Waals surface area contributed by atoms with Gasteiger partial charge in [0, 0.05) is 24.5 Å². The summed E-state index contributed by atoms with van der Waals surface area (Å²) in [7, 11) is 3.08. The molecule has 19 heavy (non-hydrogen) atoms. The number of nitrogens with two attached hydrogens (primary N) is 1. The van der Waals surface area contributed by atoms with Gasteiger partial charge in [0.1, 0.15) is 0 Å². The van der Waals surface area contributed by atoms with Crippen LogP contribution in [0.15, 0.2) is 12.1 Å². The van der Waals surface area contributed by atoms with Gasteiger partial charge in [-0.2, -0.15) is 0 Å². The van der Waals surface area contributed by atoms with Crippen LogP contribution >= 0.6 is 0 Å². The highest BCUT2D eigenvalue weighted by molar-refractivity contribution is 5.97. The molecule has 5 heteroatoms. The van der Waals surface area contributed by atoms with Crippen molar-refractivity contribution in [3.8, 4) is 0 Å². The van der Waals surface area contributed by atoms with Crippen molar-refractivity contribution in [1.82, 2.24) is 0 Å². The van der Waals surface area contributed by atoms with Crippen molar-refractivity contribution in [2.45, 2.75) is 31.9 Å². The van der Waals surface area contributed by atoms with Crippen molar-refractivity contribution in [3.63, 3.8) is 0 Å². The standard InChI is InChI=1S/C14H20N2O3/c1-8-4-9(16-10-5-11(6-10)18-2)7-12(13(8)15)14(17)19-3/h4,7,10-11,16H,5-6,15H2,1-3H3. The normalized spacial score (nSPS) is 21.6. The number of aryl methyl sites for hydroxylation is 1. The third-order valence-electron chi connectivity index (χ3n) is 3.59. The van der Waals surface area contributed by atoms with Gasteiger partial charge in [-0.3, -0.25) is 0 Å². The predicted molar refractivity (Wildman–Crippen MR) is 74.4 cm³/mol. The van der Waals surface area contributed by atoms with Crippen LogP contribution in [0.3, 0.4) is 0 Å². The molecule has 0 radical (unpaired) electrons. The minimum atomic E-state index is -0.410. The van der Waals surface area contributed by atoms with E-state index in [9.17, 15) is 4.79 Å². The molecule has 3 N–H and O–H groups in total. The molecule has 0 atom stereocenters. The third kappa shape index (κ3) is 2.81. The minimum absolute atomic E-state index is 0.340. The molecule has 2 rings (SSSR count). The Morgan fingerprint density at radius 1 is 1.37 bits per heavy atom. The van der Waals surface area contributed by atoms with E-state index in [4.69, 9.17) is 15.2 Å². The number of nitrogens with one attached hydrogen (secondary N) is 1. The highest BCUT2D eigenvalue weighted by Crippen LogP contribution is 2.29. The Kier molecular flexibility index (Phi) is 3.95. The summed E-state index contributed by atoms with van der Waals surface area (Å²) in [5.41, 5.74) is 8.55. The van der Waals surface area contributed by atoms with E-state index in [1.54, 1.807) is 13.2 Å². The third-order valence-corrected chi connectivity index (χ3v) is 3.59. The van der Waals surface area contributed by atoms with Crippen LogP contribution in [0.4, 0.5) is 11.4 Å². The lowest BCUT2D eigenvalue weighted by Gasteiger charge is -2.35. The second-order valence-electron chi connectivity index (χ2n) is 4.92. The number of rotatable bonds is 4. The Balaban J connectivity index is 2.13. The smallest absolute Gasteiger partial charge is 0.340 e. The molecule has 1 saturated carbocycles. The van der Waals surface area contributed by atoms with Crippen LogP contribution in [0.2, 0.25) is 0 Å². The fourth-order valence-corrected chi connectivity index (χ4v) is 2.27. The Morgan fingerprint density at radius 3 is 2.63 bits per heavy atom. The second kappa shape index (κ2) is 5.48. The number of carbonyl (C=O) groups is 1. The number of hydrogen-bond donors (Lipinski definition) is 2. The van der Waals surface area contributed by atoms with Crippen LogP contribution in [0.25, 0.3) is 0 Å². The molecule has 5 nitrogen and oxygen atoms in total. The molecule has 1 aromatic carbocycles. The zero-order valence-corrected chi connectivity index (χ0v) is 11.5. The monoisotopic (exact) mass is 264 g/mol. The minimum Gasteiger partial charge on any atom is -0.465 e. The van der Waals surface area contributed by atoms with Crippen molar-refractivity contribution >= 4 is 17.3 Å². The Bertz CT molecular complexity index is 482. The van der Waals surface area contributed by atoms with Gasteiger partial charge in [-0.05, 0) is 37.5 Å². The van der Waals surface area contributed by atoms with Gasteiger partial charge in [-0.25, -0.2) is 4.79 Å². The fourth-order valence-electron chi connectivity index (χ4n) is 2.27. The van der Waals surface area contributed by atoms with Crippen LogP contribution in [-0.4, -0.2) is 32.3 Å². The summed E-state index contributed by atoms with van der Waals surface area (Å²) >= 11 is 0. The van der Waals surface area contributed by atoms with E-state index in [-0.39, 0.29) is 0 Å². The molecule has 1 aliphatic carbocycles. The highest BCUT2D eigenvalue weighted by Gasteiger charge is 2.29. The van der Waals surface area contributed by atoms with Crippen LogP contribution in [0, 0.1) is 6.92 Å². The van der Waals surface area contributed by atoms with Gasteiger partial charge in [-0.15, -0.1) is 0 Å². The summed E-state index contributed by atoms with van der Waals surface area (Å²) in [6, 6.07) is 4.08. The number of benzene rings is 1. The molecular weight excluding hydrogens is 244 g/mol. The average molecular weight is 264 g/mol. The zero-order chi connectivity index (χ0) is 14.0. The Labute approximate surface area is 113 Å². The van der Waals surface area contributed by atoms with Crippen molar-refractivity contribution in [1.29, 1.82) is 0 Å². The van der Waals surface area contributed by atoms with Gasteiger partial charge in [0.25, 0.3) is 0 Å². The van der Waals surface area contributed by atoms with E-state index >= 15 is 0 Å². The molecule has 1 aromatic rings. The number of nitrogen functional groups attached to an aromatic ring is 1. The molecule has 0 aromatic heterocycles. The second-order valence-corrected chi connectivity index (χ2v) is 4.92. The molecule has 0 bridgehead atoms. The van der Waals surface area contributed by atoms with E-state index in [0.29, 0.717) is 23.4 Å². The largest absolute Gasteiger partial charge is 0.465 e. The molecule has 0 saturated heterocycles. The first kappa shape index (κ1) is 13.7. The summed E-state index contributed by atoms with van der Waals surface area (Å²) in [4.78, 5) is 11.7. The van der Waals surface area contributed by atoms with Crippen molar-refractivity contribution < 1.29 is 14.3 Å². The maximum atomic E-state index is 11.7. The van der Waals surface area contributed by atoms with E-state index < -0.39 is 5.97 Å². The molecule has 0 spiro atoms. The van der Waals surface area contributed by atoms with Crippen LogP contribution < -0.4 is 11.1 Å². The van der Waals surface area contributed by atoms with E-state index in [0.717, 1.165) is 24.1 Å². The Morgan fingerprint density at radius 2 is 2.05 bits per heavy atom. The van der Waals surface area contributed by atoms with Crippen molar-refractivity contribution in [2.75, 3.05) is 25.3 Å². The molecular formula is C14H20N2O3. The van der Waals surface area contributed by atoms with Crippen LogP contribution in [0.5, 0.6) is 0 Å². The predicted octanol–water partition coefficient (Wildman–Crippen LogP) is 1.95. The van der Waals surface area contributed by atoms with Crippen molar-refractivity contribution in [2.24, 2.45) is 0 Å². The quantitative estimate of drug-likeness (QED) is 0.642. The number of carbonyl (C=O) groups excluding carboxylic acids is 1. The molecule has 0 heterocycles. The first-order valence-electron chi connectivity index (χ1n) is 6.33. The number of hydrogen-bond acceptors (Lipinski definition) is 5.